The Labute approximate surface area is 51.6 Å². The van der Waals surface area contributed by atoms with Gasteiger partial charge in [-0.15, -0.1) is 9.24 Å². The Balaban J connectivity index is 3.11. The highest BCUT2D eigenvalue weighted by atomic mass is 31.0. The van der Waals surface area contributed by atoms with Crippen LogP contribution in [0, 0.1) is 0 Å². The van der Waals surface area contributed by atoms with Crippen molar-refractivity contribution in [2.24, 2.45) is 0 Å². The lowest BCUT2D eigenvalue weighted by molar-refractivity contribution is -0.116. The lowest BCUT2D eigenvalue weighted by Crippen LogP contribution is -2.22. The normalized spacial score (nSPS) is 8.12. The highest BCUT2D eigenvalue weighted by Crippen LogP contribution is 1.74. The number of hydrogen-bond donors (Lipinski definition) is 1. The highest BCUT2D eigenvalue weighted by Gasteiger charge is 1.86. The maximum absolute atomic E-state index is 10.3. The summed E-state index contributed by atoms with van der Waals surface area (Å²) in [4.78, 5) is 10.3. The first kappa shape index (κ1) is 7.64. The van der Waals surface area contributed by atoms with Gasteiger partial charge in [0.05, 0.1) is 0 Å². The van der Waals surface area contributed by atoms with Crippen LogP contribution in [-0.2, 0) is 4.79 Å². The molecular weight excluding hydrogens is 121 g/mol. The third kappa shape index (κ3) is 3.82. The molecule has 1 amide bonds. The van der Waals surface area contributed by atoms with Crippen molar-refractivity contribution in [3.63, 3.8) is 0 Å². The molecule has 0 heterocycles. The molecule has 1 unspecified atom stereocenters. The second-order valence-corrected chi connectivity index (χ2v) is 1.86. The third-order valence-electron chi connectivity index (χ3n) is 0.629. The maximum Gasteiger partial charge on any atom is 0.243 e. The van der Waals surface area contributed by atoms with E-state index in [9.17, 15) is 4.79 Å². The average Bonchev–Trinajstić information content (AvgIpc) is 1.83. The molecule has 8 heavy (non-hydrogen) atoms. The average molecular weight is 131 g/mol. The fraction of sp³-hybridized carbons (Fsp3) is 0.400. The Morgan fingerprint density at radius 1 is 1.88 bits per heavy atom. The highest BCUT2D eigenvalue weighted by molar-refractivity contribution is 7.16. The van der Waals surface area contributed by atoms with Gasteiger partial charge in [0, 0.05) is 6.54 Å². The third-order valence-corrected chi connectivity index (χ3v) is 0.918. The van der Waals surface area contributed by atoms with Crippen LogP contribution in [0.25, 0.3) is 0 Å². The van der Waals surface area contributed by atoms with E-state index in [1.165, 1.54) is 6.08 Å². The van der Waals surface area contributed by atoms with Crippen LogP contribution in [0.5, 0.6) is 0 Å². The topological polar surface area (TPSA) is 29.1 Å². The van der Waals surface area contributed by atoms with E-state index in [1.807, 2.05) is 0 Å². The van der Waals surface area contributed by atoms with Crippen LogP contribution in [-0.4, -0.2) is 18.6 Å². The zero-order valence-corrected chi connectivity index (χ0v) is 5.84. The molecule has 0 radical (unpaired) electrons. The van der Waals surface area contributed by atoms with E-state index in [0.29, 0.717) is 6.54 Å². The predicted octanol–water partition coefficient (Wildman–Crippen LogP) is 0.164. The summed E-state index contributed by atoms with van der Waals surface area (Å²) >= 11 is 0. The summed E-state index contributed by atoms with van der Waals surface area (Å²) in [6.07, 6.45) is 2.15. The molecule has 0 aliphatic heterocycles. The van der Waals surface area contributed by atoms with E-state index in [1.54, 1.807) is 0 Å². The van der Waals surface area contributed by atoms with Crippen LogP contribution in [0.1, 0.15) is 0 Å². The van der Waals surface area contributed by atoms with E-state index in [0.717, 1.165) is 6.16 Å². The molecule has 0 saturated heterocycles. The van der Waals surface area contributed by atoms with Gasteiger partial charge in [0.1, 0.15) is 0 Å². The van der Waals surface area contributed by atoms with Crippen molar-refractivity contribution >= 4 is 15.1 Å². The van der Waals surface area contributed by atoms with Gasteiger partial charge in [0.25, 0.3) is 0 Å². The molecule has 3 heteroatoms. The number of carbonyl (C=O) groups excluding carboxylic acids is 1. The molecule has 0 aromatic carbocycles. The largest absolute Gasteiger partial charge is 0.352 e. The summed E-state index contributed by atoms with van der Waals surface area (Å²) in [6, 6.07) is 0. The lowest BCUT2D eigenvalue weighted by Gasteiger charge is -1.94. The minimum Gasteiger partial charge on any atom is -0.352 e. The van der Waals surface area contributed by atoms with Gasteiger partial charge in [-0.2, -0.15) is 0 Å². The molecule has 0 bridgehead atoms. The summed E-state index contributed by atoms with van der Waals surface area (Å²) in [5.41, 5.74) is 0. The Hall–Kier alpha value is -0.360. The smallest absolute Gasteiger partial charge is 0.243 e. The fourth-order valence-electron chi connectivity index (χ4n) is 0.268. The van der Waals surface area contributed by atoms with Crippen molar-refractivity contribution in [1.29, 1.82) is 0 Å². The number of amides is 1. The Bertz CT molecular complexity index is 92.4. The Morgan fingerprint density at radius 3 is 2.88 bits per heavy atom. The van der Waals surface area contributed by atoms with E-state index in [-0.39, 0.29) is 5.91 Å². The second-order valence-electron chi connectivity index (χ2n) is 1.28. The lowest BCUT2D eigenvalue weighted by atomic mass is 10.6. The zero-order chi connectivity index (χ0) is 6.41. The van der Waals surface area contributed by atoms with Crippen molar-refractivity contribution in [2.75, 3.05) is 12.7 Å². The molecule has 0 aliphatic carbocycles. The SMILES string of the molecule is C=CC(=O)NCCP. The molecule has 2 nitrogen and oxygen atoms in total. The molecule has 0 aromatic heterocycles. The van der Waals surface area contributed by atoms with Crippen molar-refractivity contribution in [1.82, 2.24) is 5.32 Å². The molecule has 0 aromatic rings. The molecule has 1 atom stereocenters. The van der Waals surface area contributed by atoms with Gasteiger partial charge in [-0.25, -0.2) is 0 Å². The van der Waals surface area contributed by atoms with Crippen LogP contribution in [0.15, 0.2) is 12.7 Å². The van der Waals surface area contributed by atoms with Gasteiger partial charge < -0.3 is 5.32 Å². The molecular formula is C5H10NOP. The maximum atomic E-state index is 10.3. The van der Waals surface area contributed by atoms with Gasteiger partial charge in [0.15, 0.2) is 0 Å². The molecule has 0 spiro atoms. The second kappa shape index (κ2) is 4.79. The minimum absolute atomic E-state index is 0.104. The monoisotopic (exact) mass is 131 g/mol. The van der Waals surface area contributed by atoms with Crippen LogP contribution < -0.4 is 5.32 Å². The van der Waals surface area contributed by atoms with Gasteiger partial charge >= 0.3 is 0 Å². The number of carbonyl (C=O) groups is 1. The van der Waals surface area contributed by atoms with Crippen molar-refractivity contribution in [3.8, 4) is 0 Å². The zero-order valence-electron chi connectivity index (χ0n) is 4.68. The summed E-state index contributed by atoms with van der Waals surface area (Å²) in [7, 11) is 2.52. The standard InChI is InChI=1S/C5H10NOP/c1-2-5(7)6-3-4-8/h2H,1,3-4,8H2,(H,6,7). The van der Waals surface area contributed by atoms with E-state index in [4.69, 9.17) is 0 Å². The van der Waals surface area contributed by atoms with Gasteiger partial charge in [0.2, 0.25) is 5.91 Å². The summed E-state index contributed by atoms with van der Waals surface area (Å²) in [5, 5.41) is 2.60. The van der Waals surface area contributed by atoms with Crippen LogP contribution in [0.3, 0.4) is 0 Å². The van der Waals surface area contributed by atoms with E-state index in [2.05, 4.69) is 21.1 Å². The number of nitrogens with one attached hydrogen (secondary N) is 1. The minimum atomic E-state index is -0.104. The van der Waals surface area contributed by atoms with Gasteiger partial charge in [-0.05, 0) is 12.2 Å². The molecule has 1 N–H and O–H groups in total. The Kier molecular flexibility index (Phi) is 4.58. The summed E-state index contributed by atoms with van der Waals surface area (Å²) < 4.78 is 0. The molecule has 0 aliphatic rings. The number of rotatable bonds is 3. The van der Waals surface area contributed by atoms with Crippen LogP contribution in [0.4, 0.5) is 0 Å². The first-order valence-corrected chi connectivity index (χ1v) is 3.23. The quantitative estimate of drug-likeness (QED) is 0.429. The molecule has 0 saturated carbocycles. The van der Waals surface area contributed by atoms with Crippen molar-refractivity contribution < 1.29 is 4.79 Å². The van der Waals surface area contributed by atoms with E-state index < -0.39 is 0 Å². The van der Waals surface area contributed by atoms with Crippen LogP contribution >= 0.6 is 9.24 Å². The Morgan fingerprint density at radius 2 is 2.50 bits per heavy atom. The van der Waals surface area contributed by atoms with Gasteiger partial charge in [-0.3, -0.25) is 4.79 Å². The van der Waals surface area contributed by atoms with Crippen molar-refractivity contribution in [3.05, 3.63) is 12.7 Å². The van der Waals surface area contributed by atoms with E-state index >= 15 is 0 Å². The first-order chi connectivity index (χ1) is 3.81. The molecule has 0 rings (SSSR count). The summed E-state index contributed by atoms with van der Waals surface area (Å²) in [5.74, 6) is -0.104. The molecule has 46 valence electrons. The van der Waals surface area contributed by atoms with Gasteiger partial charge in [-0.1, -0.05) is 6.58 Å². The summed E-state index contributed by atoms with van der Waals surface area (Å²) in [6.45, 7) is 4.00. The fourth-order valence-corrected chi connectivity index (χ4v) is 0.412. The first-order valence-electron chi connectivity index (χ1n) is 2.41. The number of hydrogen-bond acceptors (Lipinski definition) is 1. The predicted molar refractivity (Wildman–Crippen MR) is 37.8 cm³/mol. The van der Waals surface area contributed by atoms with Crippen molar-refractivity contribution in [2.45, 2.75) is 0 Å². The van der Waals surface area contributed by atoms with Crippen LogP contribution in [0.2, 0.25) is 0 Å². The molecule has 0 fully saturated rings.